The second-order valence-corrected chi connectivity index (χ2v) is 6.88. The van der Waals surface area contributed by atoms with E-state index >= 15 is 0 Å². The maximum Gasteiger partial charge on any atom is 0.453 e. The van der Waals surface area contributed by atoms with E-state index in [0.717, 1.165) is 0 Å². The molecule has 0 aliphatic heterocycles. The third-order valence-electron chi connectivity index (χ3n) is 1.95. The fraction of sp³-hybridized carbons (Fsp3) is 1.00. The van der Waals surface area contributed by atoms with Crippen molar-refractivity contribution in [3.8, 4) is 0 Å². The van der Waals surface area contributed by atoms with Gasteiger partial charge in [0.1, 0.15) is 9.84 Å². The third-order valence-corrected chi connectivity index (χ3v) is 4.53. The number of sulfone groups is 1. The molecule has 0 saturated heterocycles. The highest BCUT2D eigenvalue weighted by Gasteiger charge is 2.56. The van der Waals surface area contributed by atoms with Crippen molar-refractivity contribution < 1.29 is 30.4 Å². The molecule has 9 heteroatoms. The predicted octanol–water partition coefficient (Wildman–Crippen LogP) is 3.20. The Morgan fingerprint density at radius 1 is 0.941 bits per heavy atom. The summed E-state index contributed by atoms with van der Waals surface area (Å²) in [5, 5.41) is 0. The van der Waals surface area contributed by atoms with Crippen molar-refractivity contribution >= 4 is 32.4 Å². The Morgan fingerprint density at radius 3 is 1.82 bits per heavy atom. The molecule has 0 unspecified atom stereocenters. The maximum atomic E-state index is 12.4. The zero-order valence-corrected chi connectivity index (χ0v) is 11.7. The molecule has 0 atom stereocenters. The molecule has 0 aliphatic rings. The van der Waals surface area contributed by atoms with Crippen molar-refractivity contribution in [3.63, 3.8) is 0 Å². The normalized spacial score (nSPS) is 14.0. The molecule has 17 heavy (non-hydrogen) atoms. The van der Waals surface area contributed by atoms with Crippen LogP contribution in [0, 0.1) is 0 Å². The Kier molecular flexibility index (Phi) is 6.61. The Hall–Kier alpha value is 0.330. The summed E-state index contributed by atoms with van der Waals surface area (Å²) in [6, 6.07) is 0. The highest BCUT2D eigenvalue weighted by atomic mass is 127. The average molecular weight is 394 g/mol. The van der Waals surface area contributed by atoms with Gasteiger partial charge in [0.15, 0.2) is 0 Å². The molecule has 0 rings (SSSR count). The van der Waals surface area contributed by atoms with Crippen molar-refractivity contribution in [2.45, 2.75) is 31.4 Å². The highest BCUT2D eigenvalue weighted by molar-refractivity contribution is 14.1. The van der Waals surface area contributed by atoms with Crippen molar-refractivity contribution in [3.05, 3.63) is 0 Å². The Morgan fingerprint density at radius 2 is 1.41 bits per heavy atom. The fourth-order valence-corrected chi connectivity index (χ4v) is 3.30. The third kappa shape index (κ3) is 6.73. The van der Waals surface area contributed by atoms with Crippen LogP contribution in [-0.2, 0) is 9.84 Å². The van der Waals surface area contributed by atoms with Crippen LogP contribution in [0.15, 0.2) is 0 Å². The lowest BCUT2D eigenvalue weighted by Crippen LogP contribution is -2.36. The van der Waals surface area contributed by atoms with Gasteiger partial charge in [0, 0.05) is 10.8 Å². The van der Waals surface area contributed by atoms with E-state index in [1.54, 1.807) is 0 Å². The van der Waals surface area contributed by atoms with Gasteiger partial charge in [0.2, 0.25) is 0 Å². The molecule has 0 aromatic heterocycles. The lowest BCUT2D eigenvalue weighted by atomic mass is 10.2. The molecule has 0 bridgehead atoms. The SMILES string of the molecule is O=S(=O)(CCCI)CCCC(F)(F)C(F)(F)F. The van der Waals surface area contributed by atoms with Gasteiger partial charge < -0.3 is 0 Å². The molecule has 0 spiro atoms. The van der Waals surface area contributed by atoms with E-state index in [9.17, 15) is 30.4 Å². The number of hydrogen-bond acceptors (Lipinski definition) is 2. The van der Waals surface area contributed by atoms with E-state index in [-0.39, 0.29) is 5.75 Å². The first-order chi connectivity index (χ1) is 7.52. The summed E-state index contributed by atoms with van der Waals surface area (Å²) >= 11 is 1.96. The average Bonchev–Trinajstić information content (AvgIpc) is 2.12. The number of halogens is 6. The molecule has 0 aliphatic carbocycles. The summed E-state index contributed by atoms with van der Waals surface area (Å²) in [7, 11) is -3.52. The van der Waals surface area contributed by atoms with Crippen molar-refractivity contribution in [1.82, 2.24) is 0 Å². The monoisotopic (exact) mass is 394 g/mol. The van der Waals surface area contributed by atoms with Crippen LogP contribution in [0.2, 0.25) is 0 Å². The van der Waals surface area contributed by atoms with E-state index in [4.69, 9.17) is 0 Å². The lowest BCUT2D eigenvalue weighted by Gasteiger charge is -2.19. The number of rotatable bonds is 7. The van der Waals surface area contributed by atoms with E-state index in [0.29, 0.717) is 10.8 Å². The second-order valence-electron chi connectivity index (χ2n) is 3.50. The standard InChI is InChI=1S/C8H12F5IO2S/c9-7(10,8(11,12)13)3-1-5-17(15,16)6-2-4-14/h1-6H2. The minimum Gasteiger partial charge on any atom is -0.229 e. The quantitative estimate of drug-likeness (QED) is 0.378. The topological polar surface area (TPSA) is 34.1 Å². The van der Waals surface area contributed by atoms with Crippen LogP contribution in [0.25, 0.3) is 0 Å². The molecular formula is C8H12F5IO2S. The van der Waals surface area contributed by atoms with Crippen molar-refractivity contribution in [2.75, 3.05) is 15.9 Å². The first-order valence-corrected chi connectivity index (χ1v) is 8.07. The van der Waals surface area contributed by atoms with Gasteiger partial charge in [-0.25, -0.2) is 8.42 Å². The smallest absolute Gasteiger partial charge is 0.229 e. The Labute approximate surface area is 110 Å². The summed E-state index contributed by atoms with van der Waals surface area (Å²) < 4.78 is 83.1. The maximum absolute atomic E-state index is 12.4. The van der Waals surface area contributed by atoms with Crippen LogP contribution in [0.1, 0.15) is 19.3 Å². The van der Waals surface area contributed by atoms with Crippen LogP contribution < -0.4 is 0 Å². The summed E-state index contributed by atoms with van der Waals surface area (Å²) in [6.45, 7) is 0. The Balaban J connectivity index is 4.16. The van der Waals surface area contributed by atoms with Gasteiger partial charge in [-0.3, -0.25) is 0 Å². The van der Waals surface area contributed by atoms with Gasteiger partial charge in [-0.2, -0.15) is 22.0 Å². The molecule has 0 amide bonds. The predicted molar refractivity (Wildman–Crippen MR) is 62.4 cm³/mol. The number of alkyl halides is 6. The van der Waals surface area contributed by atoms with Crippen LogP contribution >= 0.6 is 22.6 Å². The molecule has 0 aromatic rings. The van der Waals surface area contributed by atoms with Crippen LogP contribution in [0.3, 0.4) is 0 Å². The fourth-order valence-electron chi connectivity index (χ4n) is 1.03. The molecule has 2 nitrogen and oxygen atoms in total. The summed E-state index contributed by atoms with van der Waals surface area (Å²) in [5.74, 6) is -5.62. The minimum absolute atomic E-state index is 0.173. The molecule has 0 radical (unpaired) electrons. The van der Waals surface area contributed by atoms with Crippen molar-refractivity contribution in [1.29, 1.82) is 0 Å². The second kappa shape index (κ2) is 6.48. The van der Waals surface area contributed by atoms with Crippen LogP contribution in [0.5, 0.6) is 0 Å². The molecule has 0 N–H and O–H groups in total. The van der Waals surface area contributed by atoms with Crippen LogP contribution in [-0.4, -0.2) is 36.4 Å². The number of hydrogen-bond donors (Lipinski definition) is 0. The molecule has 0 heterocycles. The van der Waals surface area contributed by atoms with E-state index < -0.39 is 40.5 Å². The molecular weight excluding hydrogens is 382 g/mol. The van der Waals surface area contributed by atoms with Gasteiger partial charge >= 0.3 is 12.1 Å². The minimum atomic E-state index is -5.61. The molecule has 0 saturated carbocycles. The zero-order chi connectivity index (χ0) is 13.7. The lowest BCUT2D eigenvalue weighted by molar-refractivity contribution is -0.284. The van der Waals surface area contributed by atoms with E-state index in [2.05, 4.69) is 0 Å². The Bertz CT molecular complexity index is 325. The van der Waals surface area contributed by atoms with Gasteiger partial charge in [-0.1, -0.05) is 22.6 Å². The van der Waals surface area contributed by atoms with E-state index in [1.807, 2.05) is 22.6 Å². The van der Waals surface area contributed by atoms with Crippen molar-refractivity contribution in [2.24, 2.45) is 0 Å². The summed E-state index contributed by atoms with van der Waals surface area (Å²) in [6.07, 6.45) is -7.41. The van der Waals surface area contributed by atoms with Gasteiger partial charge in [0.25, 0.3) is 0 Å². The van der Waals surface area contributed by atoms with Gasteiger partial charge in [-0.05, 0) is 12.8 Å². The summed E-state index contributed by atoms with van der Waals surface area (Å²) in [4.78, 5) is 0. The summed E-state index contributed by atoms with van der Waals surface area (Å²) in [5.41, 5.74) is 0. The van der Waals surface area contributed by atoms with Gasteiger partial charge in [-0.15, -0.1) is 0 Å². The highest BCUT2D eigenvalue weighted by Crippen LogP contribution is 2.38. The largest absolute Gasteiger partial charge is 0.453 e. The van der Waals surface area contributed by atoms with E-state index in [1.165, 1.54) is 0 Å². The van der Waals surface area contributed by atoms with Crippen LogP contribution in [0.4, 0.5) is 22.0 Å². The zero-order valence-electron chi connectivity index (χ0n) is 8.74. The molecule has 0 aromatic carbocycles. The first kappa shape index (κ1) is 17.3. The molecule has 0 fully saturated rings. The first-order valence-electron chi connectivity index (χ1n) is 4.73. The van der Waals surface area contributed by atoms with Gasteiger partial charge in [0.05, 0.1) is 11.5 Å². The molecule has 104 valence electrons.